The van der Waals surface area contributed by atoms with Gasteiger partial charge in [-0.3, -0.25) is 0 Å². The normalized spacial score (nSPS) is 33.4. The standard InChI is InChI=1S/C6H12O2/c1-6(2)3-4(6)5(7)8/h4-5,7-8H,3H2,1-2H3. The van der Waals surface area contributed by atoms with Crippen LogP contribution in [0, 0.1) is 11.3 Å². The highest BCUT2D eigenvalue weighted by Gasteiger charge is 2.49. The van der Waals surface area contributed by atoms with Crippen molar-refractivity contribution >= 4 is 0 Å². The van der Waals surface area contributed by atoms with Crippen LogP contribution in [-0.4, -0.2) is 16.5 Å². The predicted octanol–water partition coefficient (Wildman–Crippen LogP) is 0.343. The van der Waals surface area contributed by atoms with E-state index in [2.05, 4.69) is 0 Å². The summed E-state index contributed by atoms with van der Waals surface area (Å²) in [6.07, 6.45) is -0.144. The summed E-state index contributed by atoms with van der Waals surface area (Å²) < 4.78 is 0. The molecule has 0 aromatic rings. The zero-order valence-electron chi connectivity index (χ0n) is 5.26. The van der Waals surface area contributed by atoms with E-state index in [0.717, 1.165) is 6.42 Å². The SMILES string of the molecule is CC1(C)CC1C(O)O. The molecular weight excluding hydrogens is 104 g/mol. The lowest BCUT2D eigenvalue weighted by Gasteiger charge is -2.03. The highest BCUT2D eigenvalue weighted by atomic mass is 16.5. The third kappa shape index (κ3) is 0.858. The molecule has 1 rings (SSSR count). The molecule has 1 aliphatic rings. The molecule has 2 N–H and O–H groups in total. The Balaban J connectivity index is 2.37. The van der Waals surface area contributed by atoms with Crippen molar-refractivity contribution in [1.82, 2.24) is 0 Å². The van der Waals surface area contributed by atoms with Gasteiger partial charge in [-0.25, -0.2) is 0 Å². The van der Waals surface area contributed by atoms with Gasteiger partial charge in [0, 0.05) is 5.92 Å². The smallest absolute Gasteiger partial charge is 0.154 e. The Morgan fingerprint density at radius 1 is 1.50 bits per heavy atom. The molecule has 0 aromatic heterocycles. The summed E-state index contributed by atoms with van der Waals surface area (Å²) in [6.45, 7) is 4.08. The lowest BCUT2D eigenvalue weighted by molar-refractivity contribution is -0.0641. The summed E-state index contributed by atoms with van der Waals surface area (Å²) in [7, 11) is 0. The zero-order valence-corrected chi connectivity index (χ0v) is 5.26. The van der Waals surface area contributed by atoms with E-state index in [4.69, 9.17) is 10.2 Å². The van der Waals surface area contributed by atoms with Crippen molar-refractivity contribution < 1.29 is 10.2 Å². The molecule has 1 fully saturated rings. The van der Waals surface area contributed by atoms with E-state index in [1.165, 1.54) is 0 Å². The van der Waals surface area contributed by atoms with E-state index >= 15 is 0 Å². The van der Waals surface area contributed by atoms with Gasteiger partial charge in [-0.15, -0.1) is 0 Å². The van der Waals surface area contributed by atoms with Gasteiger partial charge in [0.25, 0.3) is 0 Å². The maximum Gasteiger partial charge on any atom is 0.154 e. The molecule has 0 amide bonds. The number of aliphatic hydroxyl groups excluding tert-OH is 1. The van der Waals surface area contributed by atoms with Crippen LogP contribution in [0.25, 0.3) is 0 Å². The van der Waals surface area contributed by atoms with Crippen molar-refractivity contribution in [3.8, 4) is 0 Å². The first-order valence-corrected chi connectivity index (χ1v) is 2.90. The van der Waals surface area contributed by atoms with Crippen LogP contribution in [0.1, 0.15) is 20.3 Å². The number of aliphatic hydroxyl groups is 2. The van der Waals surface area contributed by atoms with Gasteiger partial charge in [-0.1, -0.05) is 13.8 Å². The van der Waals surface area contributed by atoms with Crippen molar-refractivity contribution in [1.29, 1.82) is 0 Å². The van der Waals surface area contributed by atoms with Gasteiger partial charge in [0.2, 0.25) is 0 Å². The molecule has 1 saturated carbocycles. The van der Waals surface area contributed by atoms with Crippen LogP contribution in [0.2, 0.25) is 0 Å². The highest BCUT2D eigenvalue weighted by Crippen LogP contribution is 2.52. The second kappa shape index (κ2) is 1.45. The Morgan fingerprint density at radius 2 is 1.88 bits per heavy atom. The first-order chi connectivity index (χ1) is 3.54. The molecule has 1 atom stereocenters. The molecular formula is C6H12O2. The fourth-order valence-corrected chi connectivity index (χ4v) is 1.02. The largest absolute Gasteiger partial charge is 0.368 e. The van der Waals surface area contributed by atoms with E-state index in [1.54, 1.807) is 0 Å². The lowest BCUT2D eigenvalue weighted by atomic mass is 10.1. The minimum Gasteiger partial charge on any atom is -0.368 e. The summed E-state index contributed by atoms with van der Waals surface area (Å²) in [6, 6.07) is 0. The molecule has 0 saturated heterocycles. The van der Waals surface area contributed by atoms with Gasteiger partial charge in [-0.2, -0.15) is 0 Å². The molecule has 0 radical (unpaired) electrons. The van der Waals surface area contributed by atoms with Crippen LogP contribution in [-0.2, 0) is 0 Å². The van der Waals surface area contributed by atoms with Crippen LogP contribution in [0.3, 0.4) is 0 Å². The van der Waals surface area contributed by atoms with E-state index in [0.29, 0.717) is 0 Å². The molecule has 0 aliphatic heterocycles. The van der Waals surface area contributed by atoms with Crippen molar-refractivity contribution in [3.63, 3.8) is 0 Å². The maximum absolute atomic E-state index is 8.58. The summed E-state index contributed by atoms with van der Waals surface area (Å²) in [5.41, 5.74) is 0.189. The van der Waals surface area contributed by atoms with E-state index in [1.807, 2.05) is 13.8 Å². The lowest BCUT2D eigenvalue weighted by Crippen LogP contribution is -2.10. The van der Waals surface area contributed by atoms with Crippen LogP contribution in [0.4, 0.5) is 0 Å². The molecule has 1 unspecified atom stereocenters. The molecule has 1 aliphatic carbocycles. The van der Waals surface area contributed by atoms with Gasteiger partial charge in [0.1, 0.15) is 0 Å². The van der Waals surface area contributed by atoms with E-state index in [-0.39, 0.29) is 11.3 Å². The van der Waals surface area contributed by atoms with Gasteiger partial charge < -0.3 is 10.2 Å². The minimum absolute atomic E-state index is 0.127. The van der Waals surface area contributed by atoms with Crippen molar-refractivity contribution in [2.24, 2.45) is 11.3 Å². The summed E-state index contributed by atoms with van der Waals surface area (Å²) in [5.74, 6) is 0.127. The summed E-state index contributed by atoms with van der Waals surface area (Å²) >= 11 is 0. The Labute approximate surface area is 49.1 Å². The summed E-state index contributed by atoms with van der Waals surface area (Å²) in [4.78, 5) is 0. The van der Waals surface area contributed by atoms with Gasteiger partial charge >= 0.3 is 0 Å². The van der Waals surface area contributed by atoms with E-state index in [9.17, 15) is 0 Å². The van der Waals surface area contributed by atoms with Crippen molar-refractivity contribution in [2.45, 2.75) is 26.6 Å². The average molecular weight is 116 g/mol. The van der Waals surface area contributed by atoms with Crippen LogP contribution >= 0.6 is 0 Å². The molecule has 48 valence electrons. The Bertz CT molecular complexity index is 96.7. The topological polar surface area (TPSA) is 40.5 Å². The molecule has 2 nitrogen and oxygen atoms in total. The third-order valence-corrected chi connectivity index (χ3v) is 1.95. The number of hydrogen-bond acceptors (Lipinski definition) is 2. The summed E-state index contributed by atoms with van der Waals surface area (Å²) in [5, 5.41) is 17.2. The number of rotatable bonds is 1. The molecule has 0 spiro atoms. The van der Waals surface area contributed by atoms with E-state index < -0.39 is 6.29 Å². The fourth-order valence-electron chi connectivity index (χ4n) is 1.02. The first-order valence-electron chi connectivity index (χ1n) is 2.90. The van der Waals surface area contributed by atoms with Gasteiger partial charge in [-0.05, 0) is 11.8 Å². The highest BCUT2D eigenvalue weighted by molar-refractivity contribution is 4.95. The zero-order chi connectivity index (χ0) is 6.36. The molecule has 0 bridgehead atoms. The van der Waals surface area contributed by atoms with Gasteiger partial charge in [0.15, 0.2) is 6.29 Å². The Hall–Kier alpha value is -0.0800. The van der Waals surface area contributed by atoms with Crippen LogP contribution in [0.5, 0.6) is 0 Å². The van der Waals surface area contributed by atoms with Crippen molar-refractivity contribution in [2.75, 3.05) is 0 Å². The monoisotopic (exact) mass is 116 g/mol. The molecule has 0 aromatic carbocycles. The minimum atomic E-state index is -1.09. The predicted molar refractivity (Wildman–Crippen MR) is 30.1 cm³/mol. The quantitative estimate of drug-likeness (QED) is 0.485. The molecule has 8 heavy (non-hydrogen) atoms. The molecule has 0 heterocycles. The van der Waals surface area contributed by atoms with Crippen LogP contribution in [0.15, 0.2) is 0 Å². The Morgan fingerprint density at radius 3 is 1.88 bits per heavy atom. The second-order valence-corrected chi connectivity index (χ2v) is 3.21. The third-order valence-electron chi connectivity index (χ3n) is 1.95. The molecule has 2 heteroatoms. The van der Waals surface area contributed by atoms with Crippen LogP contribution < -0.4 is 0 Å². The first kappa shape index (κ1) is 6.05. The average Bonchev–Trinajstić information content (AvgIpc) is 2.13. The van der Waals surface area contributed by atoms with Crippen molar-refractivity contribution in [3.05, 3.63) is 0 Å². The number of hydrogen-bond donors (Lipinski definition) is 2. The second-order valence-electron chi connectivity index (χ2n) is 3.21. The fraction of sp³-hybridized carbons (Fsp3) is 1.00. The maximum atomic E-state index is 8.58. The Kier molecular flexibility index (Phi) is 1.10. The van der Waals surface area contributed by atoms with Gasteiger partial charge in [0.05, 0.1) is 0 Å².